The number of nitrogens with one attached hydrogen (secondary N) is 1. The van der Waals surface area contributed by atoms with Gasteiger partial charge >= 0.3 is 6.18 Å². The van der Waals surface area contributed by atoms with Crippen molar-refractivity contribution in [2.24, 2.45) is 0 Å². The zero-order valence-corrected chi connectivity index (χ0v) is 21.0. The number of amides is 1. The Morgan fingerprint density at radius 1 is 1.11 bits per heavy atom. The van der Waals surface area contributed by atoms with Gasteiger partial charge in [0.1, 0.15) is 35.3 Å². The number of carbonyl (C=O) groups is 1. The number of halogens is 3. The van der Waals surface area contributed by atoms with E-state index in [-0.39, 0.29) is 18.9 Å². The number of aryl methyl sites for hydroxylation is 1. The van der Waals surface area contributed by atoms with E-state index in [1.807, 2.05) is 12.1 Å². The average Bonchev–Trinajstić information content (AvgIpc) is 3.55. The number of hydrogen-bond acceptors (Lipinski definition) is 8. The number of anilines is 1. The van der Waals surface area contributed by atoms with Gasteiger partial charge in [0.05, 0.1) is 27.3 Å². The molecule has 0 aliphatic carbocycles. The lowest BCUT2D eigenvalue weighted by atomic mass is 10.1. The van der Waals surface area contributed by atoms with Crippen LogP contribution < -0.4 is 19.7 Å². The van der Waals surface area contributed by atoms with Crippen molar-refractivity contribution in [1.29, 1.82) is 0 Å². The van der Waals surface area contributed by atoms with E-state index in [1.54, 1.807) is 39.6 Å². The van der Waals surface area contributed by atoms with Crippen molar-refractivity contribution in [1.82, 2.24) is 30.0 Å². The minimum Gasteiger partial charge on any atom is -0.480 e. The number of benzene rings is 1. The van der Waals surface area contributed by atoms with Crippen LogP contribution in [0.2, 0.25) is 0 Å². The topological polar surface area (TPSA) is 97.6 Å². The molecule has 0 saturated heterocycles. The molecule has 4 heterocycles. The number of aromatic nitrogens is 4. The van der Waals surface area contributed by atoms with Gasteiger partial charge in [-0.25, -0.2) is 14.6 Å². The first-order valence-electron chi connectivity index (χ1n) is 11.9. The highest BCUT2D eigenvalue weighted by atomic mass is 19.4. The van der Waals surface area contributed by atoms with Crippen molar-refractivity contribution in [2.75, 3.05) is 25.7 Å². The molecule has 0 spiro atoms. The predicted molar refractivity (Wildman–Crippen MR) is 131 cm³/mol. The molecule has 0 bridgehead atoms. The molecule has 13 heteroatoms. The lowest BCUT2D eigenvalue weighted by Gasteiger charge is -2.28. The number of hydrogen-bond donors (Lipinski definition) is 1. The van der Waals surface area contributed by atoms with Crippen LogP contribution in [0.3, 0.4) is 0 Å². The van der Waals surface area contributed by atoms with Crippen LogP contribution in [-0.2, 0) is 17.9 Å². The van der Waals surface area contributed by atoms with Gasteiger partial charge in [0, 0.05) is 25.2 Å². The van der Waals surface area contributed by atoms with Gasteiger partial charge in [-0.05, 0) is 18.1 Å². The van der Waals surface area contributed by atoms with Crippen LogP contribution in [-0.4, -0.2) is 57.5 Å². The van der Waals surface area contributed by atoms with Crippen molar-refractivity contribution in [3.05, 3.63) is 59.7 Å². The largest absolute Gasteiger partial charge is 0.480 e. The van der Waals surface area contributed by atoms with Gasteiger partial charge in [0.2, 0.25) is 17.7 Å². The molecule has 0 radical (unpaired) electrons. The van der Waals surface area contributed by atoms with Gasteiger partial charge in [-0.15, -0.1) is 0 Å². The molecule has 38 heavy (non-hydrogen) atoms. The molecule has 1 atom stereocenters. The minimum absolute atomic E-state index is 0.0649. The van der Waals surface area contributed by atoms with Crippen molar-refractivity contribution in [3.63, 3.8) is 0 Å². The zero-order valence-electron chi connectivity index (χ0n) is 21.0. The highest BCUT2D eigenvalue weighted by molar-refractivity contribution is 5.94. The first-order chi connectivity index (χ1) is 18.2. The summed E-state index contributed by atoms with van der Waals surface area (Å²) in [5.74, 6) is 1.13. The molecule has 3 aromatic rings. The van der Waals surface area contributed by atoms with Gasteiger partial charge in [0.25, 0.3) is 0 Å². The van der Waals surface area contributed by atoms with Crippen LogP contribution in [0.25, 0.3) is 11.3 Å². The average molecular weight is 530 g/mol. The summed E-state index contributed by atoms with van der Waals surface area (Å²) in [5, 5.41) is 7.21. The van der Waals surface area contributed by atoms with Crippen LogP contribution in [0, 0.1) is 0 Å². The summed E-state index contributed by atoms with van der Waals surface area (Å²) in [4.78, 5) is 24.4. The first kappa shape index (κ1) is 25.4. The Labute approximate surface area is 216 Å². The van der Waals surface area contributed by atoms with Crippen molar-refractivity contribution in [2.45, 2.75) is 38.8 Å². The van der Waals surface area contributed by atoms with E-state index >= 15 is 0 Å². The van der Waals surface area contributed by atoms with Gasteiger partial charge in [-0.2, -0.15) is 18.3 Å². The Kier molecular flexibility index (Phi) is 6.59. The number of rotatable bonds is 7. The number of nitrogens with zero attached hydrogens (tertiary/aromatic N) is 6. The number of alkyl halides is 3. The fourth-order valence-electron chi connectivity index (χ4n) is 4.63. The molecule has 2 aliphatic heterocycles. The van der Waals surface area contributed by atoms with Gasteiger partial charge in [-0.1, -0.05) is 24.3 Å². The number of carbonyl (C=O) groups excluding carboxylic acids is 1. The number of ether oxygens (including phenoxy) is 2. The third-order valence-corrected chi connectivity index (χ3v) is 6.52. The van der Waals surface area contributed by atoms with Crippen LogP contribution in [0.4, 0.5) is 19.0 Å². The minimum atomic E-state index is -4.45. The highest BCUT2D eigenvalue weighted by Gasteiger charge is 2.40. The molecule has 0 saturated carbocycles. The molecule has 2 aromatic heterocycles. The zero-order chi connectivity index (χ0) is 27.0. The van der Waals surface area contributed by atoms with Gasteiger partial charge in [-0.3, -0.25) is 9.69 Å². The lowest BCUT2D eigenvalue weighted by molar-refractivity contribution is -0.119. The molecular weight excluding hydrogens is 503 g/mol. The maximum absolute atomic E-state index is 13.2. The quantitative estimate of drug-likeness (QED) is 0.496. The monoisotopic (exact) mass is 529 g/mol. The Bertz CT molecular complexity index is 1350. The maximum atomic E-state index is 13.2. The molecule has 1 unspecified atom stereocenters. The second-order valence-corrected chi connectivity index (χ2v) is 8.77. The molecule has 2 aliphatic rings. The molecule has 1 N–H and O–H groups in total. The Morgan fingerprint density at radius 2 is 1.79 bits per heavy atom. The smallest absolute Gasteiger partial charge is 0.432 e. The maximum Gasteiger partial charge on any atom is 0.432 e. The predicted octanol–water partition coefficient (Wildman–Crippen LogP) is 3.62. The van der Waals surface area contributed by atoms with Crippen LogP contribution in [0.1, 0.15) is 30.6 Å². The van der Waals surface area contributed by atoms with Crippen LogP contribution >= 0.6 is 0 Å². The molecule has 200 valence electrons. The van der Waals surface area contributed by atoms with Crippen molar-refractivity contribution in [3.8, 4) is 23.0 Å². The molecule has 1 amide bonds. The molecule has 5 rings (SSSR count). The Balaban J connectivity index is 1.39. The summed E-state index contributed by atoms with van der Waals surface area (Å²) in [5.41, 5.74) is 1.72. The summed E-state index contributed by atoms with van der Waals surface area (Å²) in [6, 6.07) is 8.95. The van der Waals surface area contributed by atoms with E-state index in [2.05, 4.69) is 20.4 Å². The number of fused-ring (bicyclic) bond motifs is 1. The fourth-order valence-corrected chi connectivity index (χ4v) is 4.63. The molecular formula is C25H26F3N7O3. The fraction of sp³-hybridized carbons (Fsp3) is 0.360. The number of methoxy groups -OCH3 is 2. The van der Waals surface area contributed by atoms with E-state index < -0.39 is 18.0 Å². The van der Waals surface area contributed by atoms with E-state index in [1.165, 1.54) is 20.5 Å². The molecule has 10 nitrogen and oxygen atoms in total. The summed E-state index contributed by atoms with van der Waals surface area (Å²) >= 11 is 0. The van der Waals surface area contributed by atoms with E-state index in [9.17, 15) is 18.0 Å². The van der Waals surface area contributed by atoms with Gasteiger partial charge in [0.15, 0.2) is 0 Å². The second-order valence-electron chi connectivity index (χ2n) is 8.77. The van der Waals surface area contributed by atoms with Gasteiger partial charge < -0.3 is 19.7 Å². The molecule has 0 fully saturated rings. The van der Waals surface area contributed by atoms with Crippen LogP contribution in [0.15, 0.2) is 48.6 Å². The second kappa shape index (κ2) is 9.88. The summed E-state index contributed by atoms with van der Waals surface area (Å²) in [6.07, 6.45) is -2.36. The Hall–Kier alpha value is -4.29. The normalized spacial score (nSPS) is 17.3. The van der Waals surface area contributed by atoms with Crippen molar-refractivity contribution >= 4 is 11.7 Å². The van der Waals surface area contributed by atoms with Crippen LogP contribution in [0.5, 0.6) is 11.8 Å². The standard InChI is InChI=1S/C25H26F3N7O3/c1-4-33-13-18(25(26,27)28)31-22(33)16-7-5-15(6-8-16)12-34-19-11-17(32-35(19)10-9-20(34)36)21-23(37-2)29-14-30-24(21)38-3/h5-8,11,13-14,22,31H,4,9-10,12H2,1-3H3. The third-order valence-electron chi connectivity index (χ3n) is 6.52. The SMILES string of the molecule is CCN1C=C(C(F)(F)F)NC1c1ccc(CN2C(=O)CCn3nc(-c4c(OC)ncnc4OC)cc32)cc1. The Morgan fingerprint density at radius 3 is 2.39 bits per heavy atom. The van der Waals surface area contributed by atoms with E-state index in [4.69, 9.17) is 9.47 Å². The lowest BCUT2D eigenvalue weighted by Crippen LogP contribution is -2.37. The van der Waals surface area contributed by atoms with E-state index in [0.29, 0.717) is 47.5 Å². The van der Waals surface area contributed by atoms with E-state index in [0.717, 1.165) is 11.8 Å². The highest BCUT2D eigenvalue weighted by Crippen LogP contribution is 2.38. The summed E-state index contributed by atoms with van der Waals surface area (Å²) in [6.45, 7) is 2.89. The summed E-state index contributed by atoms with van der Waals surface area (Å²) < 4.78 is 52.1. The first-order valence-corrected chi connectivity index (χ1v) is 11.9. The number of allylic oxidation sites excluding steroid dienone is 1. The molecule has 1 aromatic carbocycles. The third kappa shape index (κ3) is 4.59. The van der Waals surface area contributed by atoms with Crippen molar-refractivity contribution < 1.29 is 27.4 Å². The summed E-state index contributed by atoms with van der Waals surface area (Å²) in [7, 11) is 2.98.